The third-order valence-electron chi connectivity index (χ3n) is 3.10. The van der Waals surface area contributed by atoms with Gasteiger partial charge in [0.2, 0.25) is 0 Å². The molecule has 0 saturated carbocycles. The monoisotopic (exact) mass is 322 g/mol. The first-order valence-corrected chi connectivity index (χ1v) is 7.72. The van der Waals surface area contributed by atoms with E-state index in [1.807, 2.05) is 0 Å². The first-order valence-electron chi connectivity index (χ1n) is 7.72. The van der Waals surface area contributed by atoms with Crippen LogP contribution in [0.25, 0.3) is 0 Å². The molecule has 0 spiro atoms. The van der Waals surface area contributed by atoms with Crippen molar-refractivity contribution in [3.05, 3.63) is 12.2 Å². The van der Waals surface area contributed by atoms with Crippen LogP contribution >= 0.6 is 0 Å². The Morgan fingerprint density at radius 2 is 1.33 bits per heavy atom. The molecule has 0 aromatic heterocycles. The number of hydrogen-bond donors (Lipinski definition) is 0. The van der Waals surface area contributed by atoms with Crippen LogP contribution in [0.1, 0.15) is 71.1 Å². The summed E-state index contributed by atoms with van der Waals surface area (Å²) in [7, 11) is 0. The zero-order chi connectivity index (χ0) is 15.1. The van der Waals surface area contributed by atoms with Gasteiger partial charge in [-0.25, -0.2) is 4.79 Å². The van der Waals surface area contributed by atoms with Crippen molar-refractivity contribution in [1.29, 1.82) is 0 Å². The van der Waals surface area contributed by atoms with Crippen LogP contribution in [0.4, 0.5) is 0 Å². The van der Waals surface area contributed by atoms with E-state index in [1.165, 1.54) is 51.4 Å². The van der Waals surface area contributed by atoms with Gasteiger partial charge in [0, 0.05) is 6.08 Å². The summed E-state index contributed by atoms with van der Waals surface area (Å²) < 4.78 is 4.85. The summed E-state index contributed by atoms with van der Waals surface area (Å²) in [4.78, 5) is 21.1. The predicted molar refractivity (Wildman–Crippen MR) is 77.0 cm³/mol. The minimum atomic E-state index is -1.39. The number of carboxylic acid groups (broad SMARTS) is 1. The van der Waals surface area contributed by atoms with E-state index in [2.05, 4.69) is 6.92 Å². The van der Waals surface area contributed by atoms with Gasteiger partial charge in [-0.2, -0.15) is 0 Å². The summed E-state index contributed by atoms with van der Waals surface area (Å²) >= 11 is 0. The number of ether oxygens (including phenoxy) is 1. The van der Waals surface area contributed by atoms with Crippen LogP contribution in [0.15, 0.2) is 12.2 Å². The van der Waals surface area contributed by atoms with Gasteiger partial charge in [0.25, 0.3) is 0 Å². The van der Waals surface area contributed by atoms with E-state index in [0.717, 1.165) is 18.9 Å². The third kappa shape index (κ3) is 20.3. The van der Waals surface area contributed by atoms with Crippen LogP contribution in [-0.2, 0) is 14.3 Å². The van der Waals surface area contributed by atoms with Crippen LogP contribution in [0.3, 0.4) is 0 Å². The molecule has 0 unspecified atom stereocenters. The molecule has 21 heavy (non-hydrogen) atoms. The van der Waals surface area contributed by atoms with Crippen molar-refractivity contribution in [3.63, 3.8) is 0 Å². The van der Waals surface area contributed by atoms with E-state index in [4.69, 9.17) is 4.74 Å². The Labute approximate surface area is 171 Å². The zero-order valence-electron chi connectivity index (χ0n) is 13.6. The Balaban J connectivity index is 0. The number of aliphatic carboxylic acids is 1. The average Bonchev–Trinajstić information content (AvgIpc) is 2.42. The van der Waals surface area contributed by atoms with Gasteiger partial charge in [0.15, 0.2) is 0 Å². The number of carboxylic acids is 1. The van der Waals surface area contributed by atoms with Crippen LogP contribution < -0.4 is 56.5 Å². The molecule has 116 valence electrons. The fourth-order valence-corrected chi connectivity index (χ4v) is 1.95. The standard InChI is InChI=1S/C16H28O4.K/c1-2-3-4-5-6-7-8-9-10-11-14-20-16(19)13-12-15(17)18;/h12-13H,2-11,14H2,1H3,(H,17,18);/q;+1/p-1/b13-12-;. The Kier molecular flexibility index (Phi) is 20.6. The molecular formula is C16H27KO4. The van der Waals surface area contributed by atoms with Crippen molar-refractivity contribution in [1.82, 2.24) is 0 Å². The molecule has 0 aromatic rings. The molecule has 0 aliphatic rings. The fourth-order valence-electron chi connectivity index (χ4n) is 1.95. The SMILES string of the molecule is CCCCCCCCCCCCOC(=O)/C=C\C(=O)[O-].[K+]. The molecule has 0 fully saturated rings. The molecule has 0 amide bonds. The van der Waals surface area contributed by atoms with E-state index >= 15 is 0 Å². The van der Waals surface area contributed by atoms with Crippen molar-refractivity contribution >= 4 is 11.9 Å². The summed E-state index contributed by atoms with van der Waals surface area (Å²) in [5, 5.41) is 10.1. The Hall–Kier alpha value is 0.316. The van der Waals surface area contributed by atoms with Crippen molar-refractivity contribution in [2.45, 2.75) is 71.1 Å². The first kappa shape index (κ1) is 23.6. The molecule has 0 atom stereocenters. The molecule has 0 aliphatic carbocycles. The summed E-state index contributed by atoms with van der Waals surface area (Å²) in [6.07, 6.45) is 13.8. The number of carbonyl (C=O) groups is 2. The molecule has 0 rings (SSSR count). The fraction of sp³-hybridized carbons (Fsp3) is 0.750. The maximum Gasteiger partial charge on any atom is 1.00 e. The number of rotatable bonds is 13. The second kappa shape index (κ2) is 18.4. The Morgan fingerprint density at radius 1 is 0.857 bits per heavy atom. The van der Waals surface area contributed by atoms with E-state index in [9.17, 15) is 14.7 Å². The van der Waals surface area contributed by atoms with Gasteiger partial charge in [-0.15, -0.1) is 0 Å². The second-order valence-electron chi connectivity index (χ2n) is 5.00. The van der Waals surface area contributed by atoms with Crippen molar-refractivity contribution in [2.75, 3.05) is 6.61 Å². The largest absolute Gasteiger partial charge is 1.00 e. The predicted octanol–water partition coefficient (Wildman–Crippen LogP) is -0.239. The summed E-state index contributed by atoms with van der Waals surface area (Å²) in [5.41, 5.74) is 0. The average molecular weight is 322 g/mol. The minimum absolute atomic E-state index is 0. The topological polar surface area (TPSA) is 66.4 Å². The molecule has 0 saturated heterocycles. The van der Waals surface area contributed by atoms with Crippen LogP contribution in [0, 0.1) is 0 Å². The molecular weight excluding hydrogens is 295 g/mol. The zero-order valence-corrected chi connectivity index (χ0v) is 16.7. The van der Waals surface area contributed by atoms with E-state index in [0.29, 0.717) is 12.7 Å². The summed E-state index contributed by atoms with van der Waals surface area (Å²) in [6, 6.07) is 0. The van der Waals surface area contributed by atoms with E-state index in [-0.39, 0.29) is 51.4 Å². The van der Waals surface area contributed by atoms with Crippen molar-refractivity contribution in [2.24, 2.45) is 0 Å². The van der Waals surface area contributed by atoms with Gasteiger partial charge in [-0.05, 0) is 12.5 Å². The van der Waals surface area contributed by atoms with E-state index < -0.39 is 11.9 Å². The number of esters is 1. The summed E-state index contributed by atoms with van der Waals surface area (Å²) in [6.45, 7) is 2.58. The van der Waals surface area contributed by atoms with Gasteiger partial charge in [0.1, 0.15) is 0 Å². The number of unbranched alkanes of at least 4 members (excludes halogenated alkanes) is 9. The molecule has 4 nitrogen and oxygen atoms in total. The minimum Gasteiger partial charge on any atom is -0.545 e. The number of carbonyl (C=O) groups excluding carboxylic acids is 2. The Bertz CT molecular complexity index is 290. The molecule has 5 heteroatoms. The first-order chi connectivity index (χ1) is 9.66. The third-order valence-corrected chi connectivity index (χ3v) is 3.10. The molecule has 0 radical (unpaired) electrons. The normalized spacial score (nSPS) is 10.3. The smallest absolute Gasteiger partial charge is 0.545 e. The Morgan fingerprint density at radius 3 is 1.81 bits per heavy atom. The number of hydrogen-bond acceptors (Lipinski definition) is 4. The molecule has 0 aliphatic heterocycles. The molecule has 0 aromatic carbocycles. The van der Waals surface area contributed by atoms with Crippen LogP contribution in [-0.4, -0.2) is 18.5 Å². The second-order valence-corrected chi connectivity index (χ2v) is 5.00. The van der Waals surface area contributed by atoms with Crippen LogP contribution in [0.5, 0.6) is 0 Å². The quantitative estimate of drug-likeness (QED) is 0.203. The molecule has 0 heterocycles. The van der Waals surface area contributed by atoms with Gasteiger partial charge in [0.05, 0.1) is 12.6 Å². The van der Waals surface area contributed by atoms with Gasteiger partial charge in [-0.1, -0.05) is 64.7 Å². The maximum absolute atomic E-state index is 11.0. The van der Waals surface area contributed by atoms with E-state index in [1.54, 1.807) is 0 Å². The van der Waals surface area contributed by atoms with Gasteiger partial charge >= 0.3 is 57.4 Å². The van der Waals surface area contributed by atoms with Crippen LogP contribution in [0.2, 0.25) is 0 Å². The maximum atomic E-state index is 11.0. The van der Waals surface area contributed by atoms with Gasteiger partial charge < -0.3 is 14.6 Å². The molecule has 0 bridgehead atoms. The van der Waals surface area contributed by atoms with Crippen molar-refractivity contribution < 1.29 is 70.8 Å². The van der Waals surface area contributed by atoms with Crippen molar-refractivity contribution in [3.8, 4) is 0 Å². The molecule has 0 N–H and O–H groups in total. The van der Waals surface area contributed by atoms with Gasteiger partial charge in [-0.3, -0.25) is 0 Å². The summed E-state index contributed by atoms with van der Waals surface area (Å²) in [5.74, 6) is -2.01.